The Balaban J connectivity index is 0.00000120. The first kappa shape index (κ1) is 13.2. The van der Waals surface area contributed by atoms with Gasteiger partial charge in [-0.3, -0.25) is 0 Å². The Morgan fingerprint density at radius 2 is 1.94 bits per heavy atom. The van der Waals surface area contributed by atoms with Crippen molar-refractivity contribution in [3.63, 3.8) is 0 Å². The first-order chi connectivity index (χ1) is 8.33. The highest BCUT2D eigenvalue weighted by Gasteiger charge is 2.16. The average Bonchev–Trinajstić information content (AvgIpc) is 2.66. The normalized spacial score (nSPS) is 15.6. The van der Waals surface area contributed by atoms with Gasteiger partial charge in [-0.05, 0) is 26.1 Å². The van der Waals surface area contributed by atoms with Gasteiger partial charge in [-0.1, -0.05) is 30.3 Å². The molecule has 0 saturated carbocycles. The van der Waals surface area contributed by atoms with Crippen LogP contribution in [0.25, 0.3) is 11.3 Å². The van der Waals surface area contributed by atoms with Crippen LogP contribution in [0.4, 0.5) is 0 Å². The third-order valence-corrected chi connectivity index (χ3v) is 3.34. The van der Waals surface area contributed by atoms with Crippen LogP contribution in [0.2, 0.25) is 0 Å². The van der Waals surface area contributed by atoms with E-state index in [1.807, 2.05) is 6.07 Å². The average molecular weight is 264 g/mol. The van der Waals surface area contributed by atoms with E-state index in [0.717, 1.165) is 25.3 Å². The van der Waals surface area contributed by atoms with Crippen molar-refractivity contribution in [3.8, 4) is 11.3 Å². The summed E-state index contributed by atoms with van der Waals surface area (Å²) in [6.07, 6.45) is 2.25. The monoisotopic (exact) mass is 263 g/mol. The van der Waals surface area contributed by atoms with Gasteiger partial charge in [0.15, 0.2) is 0 Å². The Labute approximate surface area is 114 Å². The van der Waals surface area contributed by atoms with Gasteiger partial charge in [0.05, 0.1) is 0 Å². The second kappa shape index (κ2) is 5.59. The molecule has 0 N–H and O–H groups in total. The first-order valence-corrected chi connectivity index (χ1v) is 6.18. The predicted octanol–water partition coefficient (Wildman–Crippen LogP) is 3.75. The molecule has 0 fully saturated rings. The van der Waals surface area contributed by atoms with Gasteiger partial charge in [0, 0.05) is 24.1 Å². The number of aryl methyl sites for hydroxylation is 1. The largest absolute Gasteiger partial charge is 0.461 e. The van der Waals surface area contributed by atoms with Gasteiger partial charge in [0.1, 0.15) is 11.5 Å². The molecule has 96 valence electrons. The molecular weight excluding hydrogens is 246 g/mol. The quantitative estimate of drug-likeness (QED) is 0.779. The molecule has 3 rings (SSSR count). The third-order valence-electron chi connectivity index (χ3n) is 3.34. The lowest BCUT2D eigenvalue weighted by Gasteiger charge is -2.11. The zero-order valence-electron chi connectivity index (χ0n) is 10.6. The molecule has 2 nitrogen and oxygen atoms in total. The van der Waals surface area contributed by atoms with Crippen molar-refractivity contribution in [2.45, 2.75) is 19.4 Å². The van der Waals surface area contributed by atoms with E-state index in [4.69, 9.17) is 4.42 Å². The van der Waals surface area contributed by atoms with E-state index < -0.39 is 0 Å². The minimum atomic E-state index is 0. The molecule has 2 aromatic rings. The van der Waals surface area contributed by atoms with Crippen LogP contribution in [0.5, 0.6) is 0 Å². The standard InChI is InChI=1S/C15H17NO.ClH/c1-16-9-5-8-14-13(11-16)10-15(17-14)12-6-3-2-4-7-12;/h2-4,6-7,10H,5,8-9,11H2,1H3;1H. The molecule has 3 heteroatoms. The summed E-state index contributed by atoms with van der Waals surface area (Å²) in [6, 6.07) is 12.5. The molecule has 0 amide bonds. The molecule has 0 spiro atoms. The molecule has 0 atom stereocenters. The molecule has 1 aromatic carbocycles. The molecule has 1 aliphatic rings. The first-order valence-electron chi connectivity index (χ1n) is 6.18. The van der Waals surface area contributed by atoms with Crippen LogP contribution in [-0.4, -0.2) is 18.5 Å². The fourth-order valence-electron chi connectivity index (χ4n) is 2.44. The summed E-state index contributed by atoms with van der Waals surface area (Å²) in [5.41, 5.74) is 2.52. The van der Waals surface area contributed by atoms with Gasteiger partial charge in [-0.15, -0.1) is 12.4 Å². The van der Waals surface area contributed by atoms with Gasteiger partial charge >= 0.3 is 0 Å². The van der Waals surface area contributed by atoms with Crippen LogP contribution in [-0.2, 0) is 13.0 Å². The summed E-state index contributed by atoms with van der Waals surface area (Å²) < 4.78 is 5.99. The Hall–Kier alpha value is -1.25. The number of halogens is 1. The summed E-state index contributed by atoms with van der Waals surface area (Å²) in [4.78, 5) is 2.36. The van der Waals surface area contributed by atoms with Gasteiger partial charge in [0.25, 0.3) is 0 Å². The smallest absolute Gasteiger partial charge is 0.134 e. The van der Waals surface area contributed by atoms with Crippen molar-refractivity contribution >= 4 is 12.4 Å². The maximum atomic E-state index is 5.99. The highest BCUT2D eigenvalue weighted by atomic mass is 35.5. The fraction of sp³-hybridized carbons (Fsp3) is 0.333. The summed E-state index contributed by atoms with van der Waals surface area (Å²) in [5, 5.41) is 0. The Morgan fingerprint density at radius 1 is 1.17 bits per heavy atom. The second-order valence-electron chi connectivity index (χ2n) is 4.77. The summed E-state index contributed by atoms with van der Waals surface area (Å²) in [5.74, 6) is 2.18. The molecule has 0 aliphatic carbocycles. The van der Waals surface area contributed by atoms with E-state index in [2.05, 4.69) is 42.3 Å². The van der Waals surface area contributed by atoms with Gasteiger partial charge in [-0.25, -0.2) is 0 Å². The zero-order valence-corrected chi connectivity index (χ0v) is 11.4. The highest BCUT2D eigenvalue weighted by molar-refractivity contribution is 5.85. The number of benzene rings is 1. The summed E-state index contributed by atoms with van der Waals surface area (Å²) >= 11 is 0. The molecule has 0 unspecified atom stereocenters. The molecule has 1 aromatic heterocycles. The molecule has 0 radical (unpaired) electrons. The lowest BCUT2D eigenvalue weighted by Crippen LogP contribution is -2.16. The third kappa shape index (κ3) is 2.60. The number of furan rings is 1. The fourth-order valence-corrected chi connectivity index (χ4v) is 2.44. The lowest BCUT2D eigenvalue weighted by atomic mass is 10.1. The maximum Gasteiger partial charge on any atom is 0.134 e. The molecular formula is C15H18ClNO. The molecule has 1 aliphatic heterocycles. The van der Waals surface area contributed by atoms with Crippen molar-refractivity contribution in [2.24, 2.45) is 0 Å². The van der Waals surface area contributed by atoms with Crippen molar-refractivity contribution in [1.29, 1.82) is 0 Å². The van der Waals surface area contributed by atoms with Crippen LogP contribution in [0.15, 0.2) is 40.8 Å². The van der Waals surface area contributed by atoms with E-state index in [1.165, 1.54) is 23.3 Å². The van der Waals surface area contributed by atoms with Crippen LogP contribution in [0, 0.1) is 0 Å². The highest BCUT2D eigenvalue weighted by Crippen LogP contribution is 2.28. The molecule has 18 heavy (non-hydrogen) atoms. The molecule has 0 saturated heterocycles. The minimum absolute atomic E-state index is 0. The Kier molecular flexibility index (Phi) is 4.10. The van der Waals surface area contributed by atoms with Crippen molar-refractivity contribution in [3.05, 3.63) is 47.7 Å². The van der Waals surface area contributed by atoms with E-state index in [-0.39, 0.29) is 12.4 Å². The Morgan fingerprint density at radius 3 is 2.72 bits per heavy atom. The minimum Gasteiger partial charge on any atom is -0.461 e. The van der Waals surface area contributed by atoms with Crippen LogP contribution >= 0.6 is 12.4 Å². The SMILES string of the molecule is CN1CCCc2oc(-c3ccccc3)cc2C1.Cl. The van der Waals surface area contributed by atoms with Crippen LogP contribution in [0.3, 0.4) is 0 Å². The lowest BCUT2D eigenvalue weighted by molar-refractivity contribution is 0.332. The molecule has 2 heterocycles. The number of fused-ring (bicyclic) bond motifs is 1. The van der Waals surface area contributed by atoms with Gasteiger partial charge in [-0.2, -0.15) is 0 Å². The topological polar surface area (TPSA) is 16.4 Å². The van der Waals surface area contributed by atoms with E-state index >= 15 is 0 Å². The number of nitrogens with zero attached hydrogens (tertiary/aromatic N) is 1. The predicted molar refractivity (Wildman–Crippen MR) is 76.0 cm³/mol. The van der Waals surface area contributed by atoms with Crippen LogP contribution < -0.4 is 0 Å². The van der Waals surface area contributed by atoms with Crippen molar-refractivity contribution in [1.82, 2.24) is 4.90 Å². The van der Waals surface area contributed by atoms with Crippen molar-refractivity contribution < 1.29 is 4.42 Å². The maximum absolute atomic E-state index is 5.99. The summed E-state index contributed by atoms with van der Waals surface area (Å²) in [6.45, 7) is 2.16. The number of rotatable bonds is 1. The van der Waals surface area contributed by atoms with Crippen LogP contribution in [0.1, 0.15) is 17.7 Å². The van der Waals surface area contributed by atoms with E-state index in [1.54, 1.807) is 0 Å². The summed E-state index contributed by atoms with van der Waals surface area (Å²) in [7, 11) is 2.17. The van der Waals surface area contributed by atoms with Crippen molar-refractivity contribution in [2.75, 3.05) is 13.6 Å². The second-order valence-corrected chi connectivity index (χ2v) is 4.77. The zero-order chi connectivity index (χ0) is 11.7. The van der Waals surface area contributed by atoms with Gasteiger partial charge in [0.2, 0.25) is 0 Å². The molecule has 0 bridgehead atoms. The van der Waals surface area contributed by atoms with E-state index in [0.29, 0.717) is 0 Å². The van der Waals surface area contributed by atoms with Gasteiger partial charge < -0.3 is 9.32 Å². The number of hydrogen-bond acceptors (Lipinski definition) is 2. The Bertz CT molecular complexity index is 506. The van der Waals surface area contributed by atoms with E-state index in [9.17, 15) is 0 Å². The number of hydrogen-bond donors (Lipinski definition) is 0.